The van der Waals surface area contributed by atoms with Crippen molar-refractivity contribution in [3.63, 3.8) is 0 Å². The number of rotatable bonds is 7. The van der Waals surface area contributed by atoms with Gasteiger partial charge in [-0.3, -0.25) is 20.1 Å². The van der Waals surface area contributed by atoms with Crippen molar-refractivity contribution in [1.82, 2.24) is 9.79 Å². The standard InChI is InChI=1S/C16H16FN3O6S/c1-11(16(21)18-22)19(10-12-4-2-3-5-15(12)20(23)24)27(25,26)14-8-6-13(17)7-9-14/h2-9,11,22H,10H2,1H3,(H,18,21)/t11-/m0/s1. The first kappa shape index (κ1) is 20.4. The van der Waals surface area contributed by atoms with Gasteiger partial charge in [0.25, 0.3) is 11.6 Å². The molecule has 27 heavy (non-hydrogen) atoms. The average Bonchev–Trinajstić information content (AvgIpc) is 2.65. The van der Waals surface area contributed by atoms with E-state index in [1.165, 1.54) is 36.7 Å². The van der Waals surface area contributed by atoms with Gasteiger partial charge >= 0.3 is 0 Å². The number of hydrogen-bond acceptors (Lipinski definition) is 6. The number of sulfonamides is 1. The lowest BCUT2D eigenvalue weighted by atomic mass is 10.1. The van der Waals surface area contributed by atoms with Crippen molar-refractivity contribution in [2.24, 2.45) is 0 Å². The summed E-state index contributed by atoms with van der Waals surface area (Å²) in [5.41, 5.74) is 1.08. The molecule has 0 saturated carbocycles. The highest BCUT2D eigenvalue weighted by Gasteiger charge is 2.34. The molecule has 0 heterocycles. The van der Waals surface area contributed by atoms with Gasteiger partial charge < -0.3 is 0 Å². The van der Waals surface area contributed by atoms with E-state index >= 15 is 0 Å². The Hall–Kier alpha value is -2.89. The van der Waals surface area contributed by atoms with E-state index in [1.807, 2.05) is 0 Å². The van der Waals surface area contributed by atoms with Crippen LogP contribution in [0, 0.1) is 15.9 Å². The van der Waals surface area contributed by atoms with E-state index in [2.05, 4.69) is 0 Å². The summed E-state index contributed by atoms with van der Waals surface area (Å²) in [4.78, 5) is 22.1. The van der Waals surface area contributed by atoms with Crippen LogP contribution in [-0.4, -0.2) is 34.8 Å². The number of hydroxylamine groups is 1. The summed E-state index contributed by atoms with van der Waals surface area (Å²) >= 11 is 0. The summed E-state index contributed by atoms with van der Waals surface area (Å²) < 4.78 is 39.7. The Labute approximate surface area is 154 Å². The number of benzene rings is 2. The topological polar surface area (TPSA) is 130 Å². The van der Waals surface area contributed by atoms with Crippen molar-refractivity contribution >= 4 is 21.6 Å². The van der Waals surface area contributed by atoms with Crippen LogP contribution in [0.2, 0.25) is 0 Å². The number of carbonyl (C=O) groups excluding carboxylic acids is 1. The lowest BCUT2D eigenvalue weighted by Crippen LogP contribution is -2.46. The predicted molar refractivity (Wildman–Crippen MR) is 91.6 cm³/mol. The van der Waals surface area contributed by atoms with Crippen LogP contribution >= 0.6 is 0 Å². The molecule has 144 valence electrons. The molecule has 0 spiro atoms. The number of amides is 1. The fraction of sp³-hybridized carbons (Fsp3) is 0.188. The summed E-state index contributed by atoms with van der Waals surface area (Å²) in [7, 11) is -4.34. The number of nitrogens with zero attached hydrogens (tertiary/aromatic N) is 2. The molecule has 2 aromatic carbocycles. The van der Waals surface area contributed by atoms with Gasteiger partial charge in [-0.15, -0.1) is 0 Å². The molecule has 0 aromatic heterocycles. The molecule has 11 heteroatoms. The fourth-order valence-corrected chi connectivity index (χ4v) is 3.96. The lowest BCUT2D eigenvalue weighted by Gasteiger charge is -2.27. The first-order valence-corrected chi connectivity index (χ1v) is 9.06. The Bertz CT molecular complexity index is 949. The van der Waals surface area contributed by atoms with Crippen LogP contribution in [0.25, 0.3) is 0 Å². The van der Waals surface area contributed by atoms with Crippen LogP contribution in [0.4, 0.5) is 10.1 Å². The molecule has 0 fully saturated rings. The zero-order valence-corrected chi connectivity index (χ0v) is 14.9. The van der Waals surface area contributed by atoms with E-state index in [9.17, 15) is 27.7 Å². The van der Waals surface area contributed by atoms with Gasteiger partial charge in [0.2, 0.25) is 10.0 Å². The molecule has 0 saturated heterocycles. The normalized spacial score (nSPS) is 12.6. The summed E-state index contributed by atoms with van der Waals surface area (Å²) in [5.74, 6) is -1.68. The molecule has 0 bridgehead atoms. The molecule has 0 aliphatic rings. The highest BCUT2D eigenvalue weighted by atomic mass is 32.2. The molecular formula is C16H16FN3O6S. The quantitative estimate of drug-likeness (QED) is 0.416. The minimum atomic E-state index is -4.34. The smallest absolute Gasteiger partial charge is 0.273 e. The third-order valence-corrected chi connectivity index (χ3v) is 5.79. The SMILES string of the molecule is C[C@@H](C(=O)NO)N(Cc1ccccc1[N+](=O)[O-])S(=O)(=O)c1ccc(F)cc1. The molecule has 0 aliphatic carbocycles. The molecular weight excluding hydrogens is 381 g/mol. The molecule has 1 atom stereocenters. The third-order valence-electron chi connectivity index (χ3n) is 3.86. The zero-order valence-electron chi connectivity index (χ0n) is 14.1. The maximum atomic E-state index is 13.1. The Morgan fingerprint density at radius 3 is 2.41 bits per heavy atom. The van der Waals surface area contributed by atoms with Gasteiger partial charge in [-0.25, -0.2) is 18.3 Å². The summed E-state index contributed by atoms with van der Waals surface area (Å²) in [6.07, 6.45) is 0. The number of nitrogens with one attached hydrogen (secondary N) is 1. The molecule has 9 nitrogen and oxygen atoms in total. The van der Waals surface area contributed by atoms with Gasteiger partial charge in [0.05, 0.1) is 9.82 Å². The molecule has 0 unspecified atom stereocenters. The van der Waals surface area contributed by atoms with E-state index in [4.69, 9.17) is 5.21 Å². The largest absolute Gasteiger partial charge is 0.289 e. The highest BCUT2D eigenvalue weighted by molar-refractivity contribution is 7.89. The van der Waals surface area contributed by atoms with Crippen molar-refractivity contribution in [3.05, 3.63) is 70.0 Å². The second-order valence-electron chi connectivity index (χ2n) is 5.54. The van der Waals surface area contributed by atoms with Crippen molar-refractivity contribution in [1.29, 1.82) is 0 Å². The zero-order chi connectivity index (χ0) is 20.2. The Morgan fingerprint density at radius 2 is 1.85 bits per heavy atom. The van der Waals surface area contributed by atoms with Crippen molar-refractivity contribution in [2.75, 3.05) is 0 Å². The predicted octanol–water partition coefficient (Wildman–Crippen LogP) is 1.82. The van der Waals surface area contributed by atoms with Crippen LogP contribution in [0.3, 0.4) is 0 Å². The minimum Gasteiger partial charge on any atom is -0.289 e. The molecule has 2 N–H and O–H groups in total. The second-order valence-corrected chi connectivity index (χ2v) is 7.43. The highest BCUT2D eigenvalue weighted by Crippen LogP contribution is 2.25. The van der Waals surface area contributed by atoms with Gasteiger partial charge in [0, 0.05) is 18.2 Å². The molecule has 2 aromatic rings. The first-order valence-electron chi connectivity index (χ1n) is 7.62. The van der Waals surface area contributed by atoms with Crippen LogP contribution in [0.5, 0.6) is 0 Å². The van der Waals surface area contributed by atoms with E-state index in [0.29, 0.717) is 4.31 Å². The van der Waals surface area contributed by atoms with Crippen LogP contribution in [0.1, 0.15) is 12.5 Å². The fourth-order valence-electron chi connectivity index (χ4n) is 2.39. The summed E-state index contributed by atoms with van der Waals surface area (Å²) in [6.45, 7) is 0.701. The van der Waals surface area contributed by atoms with Gasteiger partial charge in [0.1, 0.15) is 11.9 Å². The van der Waals surface area contributed by atoms with Crippen LogP contribution in [-0.2, 0) is 21.4 Å². The van der Waals surface area contributed by atoms with Gasteiger partial charge in [-0.2, -0.15) is 4.31 Å². The summed E-state index contributed by atoms with van der Waals surface area (Å²) in [5, 5.41) is 20.1. The van der Waals surface area contributed by atoms with Crippen molar-refractivity contribution in [2.45, 2.75) is 24.4 Å². The number of hydrogen-bond donors (Lipinski definition) is 2. The minimum absolute atomic E-state index is 0.0470. The van der Waals surface area contributed by atoms with Crippen LogP contribution < -0.4 is 5.48 Å². The number of nitro groups is 1. The van der Waals surface area contributed by atoms with Crippen LogP contribution in [0.15, 0.2) is 53.4 Å². The molecule has 2 rings (SSSR count). The maximum Gasteiger partial charge on any atom is 0.273 e. The number of nitro benzene ring substituents is 1. The molecule has 0 aliphatic heterocycles. The Kier molecular flexibility index (Phi) is 6.20. The van der Waals surface area contributed by atoms with E-state index in [1.54, 1.807) is 0 Å². The average molecular weight is 397 g/mol. The second kappa shape index (κ2) is 8.20. The lowest BCUT2D eigenvalue weighted by molar-refractivity contribution is -0.385. The number of para-hydroxylation sites is 1. The van der Waals surface area contributed by atoms with Gasteiger partial charge in [-0.05, 0) is 31.2 Å². The monoisotopic (exact) mass is 397 g/mol. The first-order chi connectivity index (χ1) is 12.7. The number of carbonyl (C=O) groups is 1. The molecule has 0 radical (unpaired) electrons. The van der Waals surface area contributed by atoms with Crippen molar-refractivity contribution in [3.8, 4) is 0 Å². The van der Waals surface area contributed by atoms with E-state index in [-0.39, 0.29) is 16.1 Å². The Balaban J connectivity index is 2.54. The van der Waals surface area contributed by atoms with E-state index in [0.717, 1.165) is 24.3 Å². The number of halogens is 1. The van der Waals surface area contributed by atoms with E-state index < -0.39 is 39.3 Å². The maximum absolute atomic E-state index is 13.1. The third kappa shape index (κ3) is 4.45. The van der Waals surface area contributed by atoms with Gasteiger partial charge in [-0.1, -0.05) is 18.2 Å². The molecule has 1 amide bonds. The Morgan fingerprint density at radius 1 is 1.26 bits per heavy atom. The summed E-state index contributed by atoms with van der Waals surface area (Å²) in [6, 6.07) is 7.97. The van der Waals surface area contributed by atoms with Gasteiger partial charge in [0.15, 0.2) is 0 Å². The van der Waals surface area contributed by atoms with Crippen molar-refractivity contribution < 1.29 is 27.7 Å².